The van der Waals surface area contributed by atoms with Crippen molar-refractivity contribution in [3.05, 3.63) is 36.9 Å². The first-order valence-corrected chi connectivity index (χ1v) is 9.71. The van der Waals surface area contributed by atoms with Gasteiger partial charge in [-0.3, -0.25) is 4.68 Å². The topological polar surface area (TPSA) is 84.0 Å². The summed E-state index contributed by atoms with van der Waals surface area (Å²) in [5.41, 5.74) is 2.71. The predicted octanol–water partition coefficient (Wildman–Crippen LogP) is 2.87. The summed E-state index contributed by atoms with van der Waals surface area (Å²) in [5, 5.41) is 14.2. The van der Waals surface area contributed by atoms with Gasteiger partial charge in [-0.1, -0.05) is 0 Å². The Kier molecular flexibility index (Phi) is 4.12. The molecule has 1 aliphatic heterocycles. The van der Waals surface area contributed by atoms with Crippen LogP contribution in [0.3, 0.4) is 0 Å². The Hall–Kier alpha value is -3.14. The van der Waals surface area contributed by atoms with Gasteiger partial charge in [0, 0.05) is 31.6 Å². The van der Waals surface area contributed by atoms with Crippen molar-refractivity contribution in [3.63, 3.8) is 0 Å². The van der Waals surface area contributed by atoms with Crippen molar-refractivity contribution >= 4 is 28.5 Å². The number of nitrogens with zero attached hydrogens (tertiary/aromatic N) is 6. The Bertz CT molecular complexity index is 1150. The largest absolute Gasteiger partial charge is 0.494 e. The molecule has 4 aromatic rings. The third-order valence-electron chi connectivity index (χ3n) is 4.69. The molecule has 1 aromatic carbocycles. The number of anilines is 1. The highest BCUT2D eigenvalue weighted by molar-refractivity contribution is 8.00. The van der Waals surface area contributed by atoms with E-state index in [2.05, 4.69) is 20.0 Å². The van der Waals surface area contributed by atoms with Gasteiger partial charge in [-0.05, 0) is 24.1 Å². The van der Waals surface area contributed by atoms with Crippen LogP contribution < -0.4 is 14.2 Å². The molecular weight excluding hydrogens is 378 g/mol. The molecule has 0 aliphatic carbocycles. The lowest BCUT2D eigenvalue weighted by Crippen LogP contribution is -2.15. The van der Waals surface area contributed by atoms with Crippen LogP contribution >= 0.6 is 11.9 Å². The minimum absolute atomic E-state index is 0.706. The van der Waals surface area contributed by atoms with Crippen molar-refractivity contribution in [2.75, 3.05) is 18.4 Å². The summed E-state index contributed by atoms with van der Waals surface area (Å²) in [5.74, 6) is 1.52. The van der Waals surface area contributed by atoms with Crippen molar-refractivity contribution in [2.24, 2.45) is 7.05 Å². The third kappa shape index (κ3) is 2.76. The fourth-order valence-corrected chi connectivity index (χ4v) is 4.00. The Morgan fingerprint density at radius 1 is 1.18 bits per heavy atom. The molecule has 0 amide bonds. The standard InChI is InChI=1S/C18H19N7O2S/c1-23-17-12(8-19-23)4-5-15(26-2)16(17)22-28-13-9-20-25(11-13)14-10-21-24-6-3-7-27-18(14)24/h4-5,8-11,22H,3,6-7H2,1-2H3. The van der Waals surface area contributed by atoms with E-state index in [-0.39, 0.29) is 0 Å². The second kappa shape index (κ2) is 6.79. The number of benzene rings is 1. The van der Waals surface area contributed by atoms with Gasteiger partial charge in [-0.25, -0.2) is 9.36 Å². The van der Waals surface area contributed by atoms with Gasteiger partial charge in [0.1, 0.15) is 17.1 Å². The summed E-state index contributed by atoms with van der Waals surface area (Å²) >= 11 is 1.46. The molecule has 1 aliphatic rings. The van der Waals surface area contributed by atoms with Gasteiger partial charge in [0.25, 0.3) is 0 Å². The normalized spacial score (nSPS) is 13.4. The highest BCUT2D eigenvalue weighted by Gasteiger charge is 2.19. The Morgan fingerprint density at radius 2 is 2.11 bits per heavy atom. The van der Waals surface area contributed by atoms with Crippen molar-refractivity contribution in [3.8, 4) is 17.3 Å². The zero-order valence-electron chi connectivity index (χ0n) is 15.5. The van der Waals surface area contributed by atoms with Gasteiger partial charge < -0.3 is 14.2 Å². The smallest absolute Gasteiger partial charge is 0.238 e. The van der Waals surface area contributed by atoms with Crippen LogP contribution in [-0.2, 0) is 13.6 Å². The average Bonchev–Trinajstić information content (AvgIpc) is 3.44. The lowest BCUT2D eigenvalue weighted by atomic mass is 10.2. The summed E-state index contributed by atoms with van der Waals surface area (Å²) < 4.78 is 20.2. The SMILES string of the molecule is COc1ccc2cnn(C)c2c1NSc1cnn(-c2cnn3c2OCCC3)c1. The predicted molar refractivity (Wildman–Crippen MR) is 106 cm³/mol. The van der Waals surface area contributed by atoms with Gasteiger partial charge in [-0.15, -0.1) is 0 Å². The van der Waals surface area contributed by atoms with E-state index in [1.54, 1.807) is 24.2 Å². The summed E-state index contributed by atoms with van der Waals surface area (Å²) in [6, 6.07) is 3.94. The number of aryl methyl sites for hydroxylation is 2. The van der Waals surface area contributed by atoms with Gasteiger partial charge in [0.2, 0.25) is 5.88 Å². The van der Waals surface area contributed by atoms with Crippen LogP contribution in [0.2, 0.25) is 0 Å². The fraction of sp³-hybridized carbons (Fsp3) is 0.278. The van der Waals surface area contributed by atoms with Crippen LogP contribution in [0.4, 0.5) is 5.69 Å². The number of hydrogen-bond acceptors (Lipinski definition) is 7. The first kappa shape index (κ1) is 17.0. The number of hydrogen-bond donors (Lipinski definition) is 1. The van der Waals surface area contributed by atoms with Crippen LogP contribution in [-0.4, -0.2) is 43.1 Å². The minimum Gasteiger partial charge on any atom is -0.494 e. The van der Waals surface area contributed by atoms with Gasteiger partial charge in [-0.2, -0.15) is 15.3 Å². The Balaban J connectivity index is 1.41. The van der Waals surface area contributed by atoms with E-state index in [4.69, 9.17) is 9.47 Å². The molecule has 144 valence electrons. The van der Waals surface area contributed by atoms with Crippen LogP contribution in [0.25, 0.3) is 16.6 Å². The Labute approximate surface area is 165 Å². The number of rotatable bonds is 5. The fourth-order valence-electron chi connectivity index (χ4n) is 3.33. The summed E-state index contributed by atoms with van der Waals surface area (Å²) in [6.07, 6.45) is 8.35. The molecule has 9 nitrogen and oxygen atoms in total. The molecule has 28 heavy (non-hydrogen) atoms. The van der Waals surface area contributed by atoms with Gasteiger partial charge in [0.15, 0.2) is 0 Å². The van der Waals surface area contributed by atoms with Crippen molar-refractivity contribution in [2.45, 2.75) is 17.9 Å². The summed E-state index contributed by atoms with van der Waals surface area (Å²) in [6.45, 7) is 1.58. The average molecular weight is 397 g/mol. The van der Waals surface area contributed by atoms with Gasteiger partial charge >= 0.3 is 0 Å². The second-order valence-electron chi connectivity index (χ2n) is 6.43. The maximum atomic E-state index is 5.76. The molecule has 10 heteroatoms. The molecule has 0 atom stereocenters. The Morgan fingerprint density at radius 3 is 3.00 bits per heavy atom. The molecule has 5 rings (SSSR count). The van der Waals surface area contributed by atoms with Crippen LogP contribution in [0, 0.1) is 0 Å². The number of methoxy groups -OCH3 is 1. The number of ether oxygens (including phenoxy) is 2. The van der Waals surface area contributed by atoms with E-state index in [0.29, 0.717) is 6.61 Å². The maximum Gasteiger partial charge on any atom is 0.238 e. The van der Waals surface area contributed by atoms with E-state index in [1.807, 2.05) is 40.9 Å². The first-order chi connectivity index (χ1) is 13.7. The van der Waals surface area contributed by atoms with E-state index in [1.165, 1.54) is 11.9 Å². The van der Waals surface area contributed by atoms with Crippen LogP contribution in [0.5, 0.6) is 11.6 Å². The lowest BCUT2D eigenvalue weighted by molar-refractivity contribution is 0.229. The lowest BCUT2D eigenvalue weighted by Gasteiger charge is -2.15. The quantitative estimate of drug-likeness (QED) is 0.518. The first-order valence-electron chi connectivity index (χ1n) is 8.90. The van der Waals surface area contributed by atoms with Gasteiger partial charge in [0.05, 0.1) is 42.7 Å². The van der Waals surface area contributed by atoms with E-state index < -0.39 is 0 Å². The third-order valence-corrected chi connectivity index (χ3v) is 5.44. The number of nitrogens with one attached hydrogen (secondary N) is 1. The summed E-state index contributed by atoms with van der Waals surface area (Å²) in [4.78, 5) is 0.956. The monoisotopic (exact) mass is 397 g/mol. The molecule has 1 N–H and O–H groups in total. The zero-order valence-corrected chi connectivity index (χ0v) is 16.3. The number of aromatic nitrogens is 6. The number of fused-ring (bicyclic) bond motifs is 2. The van der Waals surface area contributed by atoms with E-state index in [9.17, 15) is 0 Å². The van der Waals surface area contributed by atoms with Crippen LogP contribution in [0.1, 0.15) is 6.42 Å². The second-order valence-corrected chi connectivity index (χ2v) is 7.31. The molecule has 0 bridgehead atoms. The maximum absolute atomic E-state index is 5.76. The van der Waals surface area contributed by atoms with Crippen LogP contribution in [0.15, 0.2) is 41.8 Å². The minimum atomic E-state index is 0.706. The molecule has 0 saturated heterocycles. The van der Waals surface area contributed by atoms with E-state index >= 15 is 0 Å². The molecule has 0 fully saturated rings. The van der Waals surface area contributed by atoms with Crippen molar-refractivity contribution < 1.29 is 9.47 Å². The molecular formula is C18H19N7O2S. The molecule has 0 spiro atoms. The van der Waals surface area contributed by atoms with E-state index in [0.717, 1.165) is 51.8 Å². The highest BCUT2D eigenvalue weighted by Crippen LogP contribution is 2.36. The molecule has 3 aromatic heterocycles. The van der Waals surface area contributed by atoms with Crippen molar-refractivity contribution in [1.29, 1.82) is 0 Å². The molecule has 0 unspecified atom stereocenters. The molecule has 4 heterocycles. The zero-order chi connectivity index (χ0) is 19.1. The highest BCUT2D eigenvalue weighted by atomic mass is 32.2. The molecule has 0 saturated carbocycles. The van der Waals surface area contributed by atoms with Crippen molar-refractivity contribution in [1.82, 2.24) is 29.3 Å². The molecule has 0 radical (unpaired) electrons. The summed E-state index contributed by atoms with van der Waals surface area (Å²) in [7, 11) is 3.58.